The van der Waals surface area contributed by atoms with E-state index in [0.29, 0.717) is 37.2 Å². The van der Waals surface area contributed by atoms with Crippen LogP contribution in [0.2, 0.25) is 0 Å². The molecule has 0 N–H and O–H groups in total. The largest absolute Gasteiger partial charge is 0.482 e. The van der Waals surface area contributed by atoms with Crippen LogP contribution in [0.15, 0.2) is 24.3 Å². The quantitative estimate of drug-likeness (QED) is 0.459. The van der Waals surface area contributed by atoms with Crippen molar-refractivity contribution in [2.75, 3.05) is 13.1 Å². The Hall–Kier alpha value is -1.69. The van der Waals surface area contributed by atoms with Gasteiger partial charge in [-0.15, -0.1) is 0 Å². The molecule has 0 saturated carbocycles. The fourth-order valence-corrected chi connectivity index (χ4v) is 6.12. The number of likely N-dealkylation sites (tertiary alicyclic amines) is 1. The molecule has 4 rings (SSSR count). The van der Waals surface area contributed by atoms with Crippen LogP contribution in [0.1, 0.15) is 66.9 Å². The molecular formula is C24H33FNO5P. The minimum Gasteiger partial charge on any atom is -0.482 e. The van der Waals surface area contributed by atoms with Gasteiger partial charge < -0.3 is 23.4 Å². The summed E-state index contributed by atoms with van der Waals surface area (Å²) < 4.78 is 38.8. The lowest BCUT2D eigenvalue weighted by atomic mass is 9.88. The lowest BCUT2D eigenvalue weighted by Gasteiger charge is -2.43. The highest BCUT2D eigenvalue weighted by molar-refractivity contribution is 7.59. The third kappa shape index (κ3) is 4.40. The SMILES string of the molecule is CC(C)(C)OC(=O)N1CCC2(C=C(P3OC(C)(C)C(C)(C)O3)c3cc(F)ccc3O2)CC1. The first-order valence-electron chi connectivity index (χ1n) is 11.1. The van der Waals surface area contributed by atoms with Gasteiger partial charge in [-0.2, -0.15) is 0 Å². The number of piperidine rings is 1. The van der Waals surface area contributed by atoms with E-state index in [9.17, 15) is 9.18 Å². The maximum Gasteiger partial charge on any atom is 0.410 e. The van der Waals surface area contributed by atoms with E-state index in [1.165, 1.54) is 12.1 Å². The third-order valence-corrected chi connectivity index (χ3v) is 8.47. The van der Waals surface area contributed by atoms with E-state index >= 15 is 0 Å². The summed E-state index contributed by atoms with van der Waals surface area (Å²) in [5.41, 5.74) is -1.45. The van der Waals surface area contributed by atoms with Crippen molar-refractivity contribution >= 4 is 19.8 Å². The zero-order chi connectivity index (χ0) is 23.5. The fraction of sp³-hybridized carbons (Fsp3) is 0.625. The molecule has 1 spiro atoms. The summed E-state index contributed by atoms with van der Waals surface area (Å²) in [6.45, 7) is 14.6. The number of hydrogen-bond acceptors (Lipinski definition) is 5. The number of fused-ring (bicyclic) bond motifs is 1. The van der Waals surface area contributed by atoms with Gasteiger partial charge in [0.15, 0.2) is 0 Å². The molecular weight excluding hydrogens is 432 g/mol. The van der Waals surface area contributed by atoms with Crippen LogP contribution in [0.3, 0.4) is 0 Å². The summed E-state index contributed by atoms with van der Waals surface area (Å²) in [6.07, 6.45) is 2.93. The van der Waals surface area contributed by atoms with Crippen LogP contribution < -0.4 is 4.74 Å². The van der Waals surface area contributed by atoms with Crippen molar-refractivity contribution in [3.05, 3.63) is 35.7 Å². The van der Waals surface area contributed by atoms with E-state index < -0.39 is 30.8 Å². The maximum absolute atomic E-state index is 14.2. The van der Waals surface area contributed by atoms with Gasteiger partial charge in [-0.05, 0) is 72.7 Å². The van der Waals surface area contributed by atoms with E-state index in [4.69, 9.17) is 18.5 Å². The van der Waals surface area contributed by atoms with Gasteiger partial charge in [0.05, 0.1) is 11.2 Å². The summed E-state index contributed by atoms with van der Waals surface area (Å²) in [4.78, 5) is 14.2. The summed E-state index contributed by atoms with van der Waals surface area (Å²) in [6, 6.07) is 4.56. The average molecular weight is 466 g/mol. The highest BCUT2D eigenvalue weighted by Crippen LogP contribution is 2.67. The minimum atomic E-state index is -1.42. The van der Waals surface area contributed by atoms with Gasteiger partial charge in [0, 0.05) is 36.8 Å². The monoisotopic (exact) mass is 465 g/mol. The first kappa shape index (κ1) is 23.5. The Bertz CT molecular complexity index is 928. The standard InChI is InChI=1S/C24H33FNO5P/c1-21(2,3)29-20(27)26-12-10-24(11-13-26)15-19(17-14-16(25)8-9-18(17)28-24)32-30-22(4,5)23(6,7)31-32/h8-9,14-15H,10-13H2,1-7H3. The molecule has 0 bridgehead atoms. The summed E-state index contributed by atoms with van der Waals surface area (Å²) in [7, 11) is -1.42. The molecule has 32 heavy (non-hydrogen) atoms. The number of benzene rings is 1. The van der Waals surface area contributed by atoms with Crippen LogP contribution in [0.25, 0.3) is 5.31 Å². The Morgan fingerprint density at radius 1 is 1.09 bits per heavy atom. The van der Waals surface area contributed by atoms with Gasteiger partial charge in [-0.25, -0.2) is 9.18 Å². The molecule has 0 aromatic heterocycles. The van der Waals surface area contributed by atoms with Crippen LogP contribution >= 0.6 is 8.38 Å². The van der Waals surface area contributed by atoms with Crippen molar-refractivity contribution in [3.8, 4) is 5.75 Å². The Labute approximate surface area is 191 Å². The molecule has 3 heterocycles. The Morgan fingerprint density at radius 3 is 2.25 bits per heavy atom. The predicted molar refractivity (Wildman–Crippen MR) is 122 cm³/mol. The van der Waals surface area contributed by atoms with Crippen molar-refractivity contribution < 1.29 is 27.7 Å². The second kappa shape index (κ2) is 7.68. The van der Waals surface area contributed by atoms with Crippen LogP contribution in [-0.2, 0) is 13.8 Å². The predicted octanol–water partition coefficient (Wildman–Crippen LogP) is 6.24. The number of hydrogen-bond donors (Lipinski definition) is 0. The first-order chi connectivity index (χ1) is 14.7. The number of ether oxygens (including phenoxy) is 2. The summed E-state index contributed by atoms with van der Waals surface area (Å²) in [5.74, 6) is 0.286. The number of nitrogens with zero attached hydrogens (tertiary/aromatic N) is 1. The molecule has 2 saturated heterocycles. The third-order valence-electron chi connectivity index (χ3n) is 6.46. The molecule has 3 aliphatic heterocycles. The number of carbonyl (C=O) groups is 1. The zero-order valence-electron chi connectivity index (χ0n) is 20.0. The molecule has 2 fully saturated rings. The fourth-order valence-electron chi connectivity index (χ4n) is 3.91. The average Bonchev–Trinajstić information content (AvgIpc) is 2.88. The smallest absolute Gasteiger partial charge is 0.410 e. The van der Waals surface area contributed by atoms with Gasteiger partial charge in [0.2, 0.25) is 8.38 Å². The second-order valence-electron chi connectivity index (χ2n) is 10.8. The van der Waals surface area contributed by atoms with Crippen LogP contribution in [0.5, 0.6) is 5.75 Å². The van der Waals surface area contributed by atoms with E-state index in [2.05, 4.69) is 0 Å². The molecule has 176 valence electrons. The van der Waals surface area contributed by atoms with Gasteiger partial charge in [-0.1, -0.05) is 0 Å². The number of rotatable bonds is 1. The summed E-state index contributed by atoms with van der Waals surface area (Å²) in [5, 5.41) is 0.838. The van der Waals surface area contributed by atoms with Crippen molar-refractivity contribution in [2.24, 2.45) is 0 Å². The first-order valence-corrected chi connectivity index (χ1v) is 12.3. The highest BCUT2D eigenvalue weighted by atomic mass is 31.2. The van der Waals surface area contributed by atoms with E-state index in [0.717, 1.165) is 5.31 Å². The molecule has 1 amide bonds. The van der Waals surface area contributed by atoms with Gasteiger partial charge >= 0.3 is 6.09 Å². The minimum absolute atomic E-state index is 0.315. The van der Waals surface area contributed by atoms with Crippen LogP contribution in [-0.4, -0.2) is 46.5 Å². The topological polar surface area (TPSA) is 57.2 Å². The molecule has 1 aromatic carbocycles. The molecule has 6 nitrogen and oxygen atoms in total. The number of amides is 1. The van der Waals surface area contributed by atoms with E-state index in [-0.39, 0.29) is 11.9 Å². The zero-order valence-corrected chi connectivity index (χ0v) is 20.8. The van der Waals surface area contributed by atoms with Crippen molar-refractivity contribution in [2.45, 2.75) is 83.7 Å². The van der Waals surface area contributed by atoms with Crippen LogP contribution in [0, 0.1) is 5.82 Å². The van der Waals surface area contributed by atoms with Gasteiger partial charge in [-0.3, -0.25) is 0 Å². The molecule has 0 aliphatic carbocycles. The lowest BCUT2D eigenvalue weighted by molar-refractivity contribution is -0.00117. The molecule has 8 heteroatoms. The van der Waals surface area contributed by atoms with Crippen molar-refractivity contribution in [3.63, 3.8) is 0 Å². The van der Waals surface area contributed by atoms with Crippen molar-refractivity contribution in [1.82, 2.24) is 4.90 Å². The molecule has 0 atom stereocenters. The Morgan fingerprint density at radius 2 is 1.69 bits per heavy atom. The maximum atomic E-state index is 14.2. The number of carbonyl (C=O) groups excluding carboxylic acids is 1. The summed E-state index contributed by atoms with van der Waals surface area (Å²) >= 11 is 0. The van der Waals surface area contributed by atoms with Gasteiger partial charge in [0.25, 0.3) is 0 Å². The van der Waals surface area contributed by atoms with Gasteiger partial charge in [0.1, 0.15) is 22.8 Å². The van der Waals surface area contributed by atoms with E-state index in [1.54, 1.807) is 11.0 Å². The van der Waals surface area contributed by atoms with Crippen LogP contribution in [0.4, 0.5) is 9.18 Å². The number of halogens is 1. The molecule has 0 unspecified atom stereocenters. The second-order valence-corrected chi connectivity index (χ2v) is 12.1. The van der Waals surface area contributed by atoms with Crippen molar-refractivity contribution in [1.29, 1.82) is 0 Å². The normalized spacial score (nSPS) is 24.0. The molecule has 1 aromatic rings. The lowest BCUT2D eigenvalue weighted by Crippen LogP contribution is -2.50. The van der Waals surface area contributed by atoms with E-state index in [1.807, 2.05) is 54.5 Å². The Kier molecular flexibility index (Phi) is 5.63. The Balaban J connectivity index is 1.62. The molecule has 0 radical (unpaired) electrons. The highest BCUT2D eigenvalue weighted by Gasteiger charge is 2.53. The molecule has 3 aliphatic rings.